The molecule has 2 heterocycles. The summed E-state index contributed by atoms with van der Waals surface area (Å²) in [5, 5.41) is 7.60. The molecule has 0 spiro atoms. The highest BCUT2D eigenvalue weighted by Crippen LogP contribution is 2.46. The van der Waals surface area contributed by atoms with Gasteiger partial charge in [-0.05, 0) is 11.6 Å². The van der Waals surface area contributed by atoms with Crippen LogP contribution in [0.4, 0.5) is 5.69 Å². The Hall–Kier alpha value is -2.08. The van der Waals surface area contributed by atoms with Crippen molar-refractivity contribution in [2.75, 3.05) is 17.7 Å². The molecular formula is C18H22N4OS. The molecule has 0 saturated carbocycles. The van der Waals surface area contributed by atoms with Gasteiger partial charge in [0.05, 0.1) is 5.75 Å². The van der Waals surface area contributed by atoms with Crippen molar-refractivity contribution in [2.45, 2.75) is 37.8 Å². The highest BCUT2D eigenvalue weighted by Gasteiger charge is 2.38. The van der Waals surface area contributed by atoms with E-state index in [2.05, 4.69) is 46.1 Å². The number of allylic oxidation sites excluding steroid dienone is 2. The van der Waals surface area contributed by atoms with Crippen LogP contribution >= 0.6 is 11.8 Å². The van der Waals surface area contributed by atoms with Gasteiger partial charge in [0.25, 0.3) is 0 Å². The van der Waals surface area contributed by atoms with Gasteiger partial charge in [-0.15, -0.1) is 5.10 Å². The smallest absolute Gasteiger partial charge is 0.208 e. The molecule has 0 aliphatic carbocycles. The summed E-state index contributed by atoms with van der Waals surface area (Å²) in [6, 6.07) is 8.30. The SMILES string of the molecule is CCc1nc(SCC(=O)/C=C2/N(C)c3ccccc3C2(C)C)n[nH]1. The van der Waals surface area contributed by atoms with Crippen LogP contribution in [-0.2, 0) is 16.6 Å². The number of fused-ring (bicyclic) bond motifs is 1. The third-order valence-electron chi connectivity index (χ3n) is 4.43. The Kier molecular flexibility index (Phi) is 4.49. The van der Waals surface area contributed by atoms with Crippen LogP contribution in [0.15, 0.2) is 41.2 Å². The van der Waals surface area contributed by atoms with E-state index in [1.54, 1.807) is 6.08 Å². The first kappa shape index (κ1) is 16.8. The van der Waals surface area contributed by atoms with Gasteiger partial charge < -0.3 is 4.90 Å². The van der Waals surface area contributed by atoms with Crippen molar-refractivity contribution in [1.29, 1.82) is 0 Å². The van der Waals surface area contributed by atoms with E-state index >= 15 is 0 Å². The molecule has 1 aliphatic rings. The second-order valence-electron chi connectivity index (χ2n) is 6.40. The van der Waals surface area contributed by atoms with Crippen LogP contribution in [-0.4, -0.2) is 33.8 Å². The molecule has 2 aromatic rings. The Morgan fingerprint density at radius 2 is 2.12 bits per heavy atom. The van der Waals surface area contributed by atoms with E-state index in [0.29, 0.717) is 10.9 Å². The number of anilines is 1. The fourth-order valence-electron chi connectivity index (χ4n) is 3.09. The Balaban J connectivity index is 1.75. The average Bonchev–Trinajstić information content (AvgIpc) is 3.11. The van der Waals surface area contributed by atoms with Gasteiger partial charge in [-0.25, -0.2) is 4.98 Å². The second kappa shape index (κ2) is 6.43. The number of rotatable bonds is 5. The largest absolute Gasteiger partial charge is 0.347 e. The predicted octanol–water partition coefficient (Wildman–Crippen LogP) is 3.34. The minimum absolute atomic E-state index is 0.0746. The van der Waals surface area contributed by atoms with E-state index in [1.807, 2.05) is 26.1 Å². The zero-order valence-electron chi connectivity index (χ0n) is 14.5. The number of carbonyl (C=O) groups is 1. The lowest BCUT2D eigenvalue weighted by molar-refractivity contribution is -0.112. The van der Waals surface area contributed by atoms with Gasteiger partial charge in [-0.2, -0.15) is 0 Å². The van der Waals surface area contributed by atoms with Gasteiger partial charge in [0.2, 0.25) is 5.16 Å². The van der Waals surface area contributed by atoms with E-state index in [-0.39, 0.29) is 11.2 Å². The number of hydrogen-bond donors (Lipinski definition) is 1. The summed E-state index contributed by atoms with van der Waals surface area (Å²) < 4.78 is 0. The molecule has 0 unspecified atom stereocenters. The number of hydrogen-bond acceptors (Lipinski definition) is 5. The van der Waals surface area contributed by atoms with Crippen molar-refractivity contribution < 1.29 is 4.79 Å². The molecular weight excluding hydrogens is 320 g/mol. The number of aromatic nitrogens is 3. The maximum absolute atomic E-state index is 12.4. The van der Waals surface area contributed by atoms with Crippen molar-refractivity contribution in [1.82, 2.24) is 15.2 Å². The lowest BCUT2D eigenvalue weighted by atomic mass is 9.83. The summed E-state index contributed by atoms with van der Waals surface area (Å²) in [6.45, 7) is 6.33. The first-order chi connectivity index (χ1) is 11.4. The number of thioether (sulfide) groups is 1. The summed E-state index contributed by atoms with van der Waals surface area (Å²) in [7, 11) is 2.02. The van der Waals surface area contributed by atoms with Crippen molar-refractivity contribution >= 4 is 23.2 Å². The lowest BCUT2D eigenvalue weighted by Crippen LogP contribution is -2.24. The van der Waals surface area contributed by atoms with Crippen molar-refractivity contribution in [3.63, 3.8) is 0 Å². The molecule has 0 bridgehead atoms. The van der Waals surface area contributed by atoms with E-state index in [9.17, 15) is 4.79 Å². The minimum atomic E-state index is -0.175. The fraction of sp³-hybridized carbons (Fsp3) is 0.389. The first-order valence-corrected chi connectivity index (χ1v) is 9.04. The molecule has 6 heteroatoms. The Morgan fingerprint density at radius 1 is 1.38 bits per heavy atom. The maximum Gasteiger partial charge on any atom is 0.208 e. The molecule has 1 N–H and O–H groups in total. The lowest BCUT2D eigenvalue weighted by Gasteiger charge is -2.23. The van der Waals surface area contributed by atoms with Crippen molar-refractivity contribution in [2.24, 2.45) is 0 Å². The first-order valence-electron chi connectivity index (χ1n) is 8.05. The average molecular weight is 342 g/mol. The minimum Gasteiger partial charge on any atom is -0.347 e. The third kappa shape index (κ3) is 2.98. The van der Waals surface area contributed by atoms with Crippen LogP contribution in [0, 0.1) is 0 Å². The van der Waals surface area contributed by atoms with Gasteiger partial charge in [0.15, 0.2) is 5.78 Å². The number of nitrogens with one attached hydrogen (secondary N) is 1. The van der Waals surface area contributed by atoms with Gasteiger partial charge in [-0.3, -0.25) is 9.89 Å². The summed E-state index contributed by atoms with van der Waals surface area (Å²) in [5.41, 5.74) is 3.26. The summed E-state index contributed by atoms with van der Waals surface area (Å²) >= 11 is 1.37. The molecule has 24 heavy (non-hydrogen) atoms. The molecule has 0 amide bonds. The zero-order valence-corrected chi connectivity index (χ0v) is 15.3. The predicted molar refractivity (Wildman–Crippen MR) is 97.4 cm³/mol. The molecule has 1 aromatic carbocycles. The highest BCUT2D eigenvalue weighted by atomic mass is 32.2. The monoisotopic (exact) mass is 342 g/mol. The maximum atomic E-state index is 12.4. The van der Waals surface area contributed by atoms with E-state index < -0.39 is 0 Å². The molecule has 1 aliphatic heterocycles. The topological polar surface area (TPSA) is 61.9 Å². The molecule has 126 valence electrons. The van der Waals surface area contributed by atoms with E-state index in [0.717, 1.165) is 23.6 Å². The number of likely N-dealkylation sites (N-methyl/N-ethyl adjacent to an activating group) is 1. The number of para-hydroxylation sites is 1. The summed E-state index contributed by atoms with van der Waals surface area (Å²) in [5.74, 6) is 1.26. The van der Waals surface area contributed by atoms with Crippen LogP contribution in [0.3, 0.4) is 0 Å². The van der Waals surface area contributed by atoms with Gasteiger partial charge >= 0.3 is 0 Å². The van der Waals surface area contributed by atoms with Crippen LogP contribution in [0.2, 0.25) is 0 Å². The Morgan fingerprint density at radius 3 is 2.79 bits per heavy atom. The molecule has 0 fully saturated rings. The molecule has 0 atom stereocenters. The standard InChI is InChI=1S/C18H22N4OS/c1-5-16-19-17(21-20-16)24-11-12(23)10-15-18(2,3)13-8-6-7-9-14(13)22(15)4/h6-10H,5,11H2,1-4H3,(H,19,20,21)/b15-10+. The van der Waals surface area contributed by atoms with Gasteiger partial charge in [0.1, 0.15) is 5.82 Å². The molecule has 3 rings (SSSR count). The highest BCUT2D eigenvalue weighted by molar-refractivity contribution is 7.99. The summed E-state index contributed by atoms with van der Waals surface area (Å²) in [6.07, 6.45) is 2.57. The number of H-pyrrole nitrogens is 1. The van der Waals surface area contributed by atoms with Crippen LogP contribution < -0.4 is 4.90 Å². The second-order valence-corrected chi connectivity index (χ2v) is 7.35. The molecule has 1 aromatic heterocycles. The zero-order chi connectivity index (χ0) is 17.3. The van der Waals surface area contributed by atoms with E-state index in [1.165, 1.54) is 17.3 Å². The number of ketones is 1. The van der Waals surface area contributed by atoms with Gasteiger partial charge in [-0.1, -0.05) is 50.7 Å². The van der Waals surface area contributed by atoms with Crippen LogP contribution in [0.1, 0.15) is 32.2 Å². The molecule has 0 radical (unpaired) electrons. The van der Waals surface area contributed by atoms with Crippen LogP contribution in [0.5, 0.6) is 0 Å². The number of carbonyl (C=O) groups excluding carboxylic acids is 1. The number of nitrogens with zero attached hydrogens (tertiary/aromatic N) is 3. The third-order valence-corrected chi connectivity index (χ3v) is 5.30. The van der Waals surface area contributed by atoms with Crippen LogP contribution in [0.25, 0.3) is 0 Å². The summed E-state index contributed by atoms with van der Waals surface area (Å²) in [4.78, 5) is 18.9. The normalized spacial score (nSPS) is 17.3. The Bertz CT molecular complexity index is 794. The quantitative estimate of drug-likeness (QED) is 0.667. The number of aryl methyl sites for hydroxylation is 1. The molecule has 0 saturated heterocycles. The molecule has 5 nitrogen and oxygen atoms in total. The fourth-order valence-corrected chi connectivity index (χ4v) is 3.73. The van der Waals surface area contributed by atoms with Crippen molar-refractivity contribution in [3.05, 3.63) is 47.4 Å². The van der Waals surface area contributed by atoms with Gasteiger partial charge in [0, 0.05) is 36.3 Å². The van der Waals surface area contributed by atoms with Crippen molar-refractivity contribution in [3.8, 4) is 0 Å². The number of benzene rings is 1. The van der Waals surface area contributed by atoms with E-state index in [4.69, 9.17) is 0 Å². The Labute approximate surface area is 146 Å². The number of aromatic amines is 1.